The number of benzene rings is 2. The largest absolute Gasteiger partial charge is 0.484 e. The van der Waals surface area contributed by atoms with Gasteiger partial charge in [0.1, 0.15) is 5.75 Å². The van der Waals surface area contributed by atoms with Gasteiger partial charge in [-0.1, -0.05) is 42.3 Å². The van der Waals surface area contributed by atoms with Crippen molar-refractivity contribution in [2.45, 2.75) is 32.2 Å². The molecule has 1 aliphatic rings. The van der Waals surface area contributed by atoms with Crippen LogP contribution < -0.4 is 10.1 Å². The van der Waals surface area contributed by atoms with Crippen LogP contribution in [0, 0.1) is 5.92 Å². The van der Waals surface area contributed by atoms with E-state index < -0.39 is 0 Å². The molecule has 30 heavy (non-hydrogen) atoms. The fourth-order valence-corrected chi connectivity index (χ4v) is 3.83. The molecule has 0 aromatic heterocycles. The Hall–Kier alpha value is -2.24. The predicted octanol–water partition coefficient (Wildman–Crippen LogP) is 4.36. The number of nitrogens with one attached hydrogen (secondary N) is 1. The van der Waals surface area contributed by atoms with Crippen LogP contribution in [-0.2, 0) is 16.0 Å². The highest BCUT2D eigenvalue weighted by molar-refractivity contribution is 6.30. The zero-order chi connectivity index (χ0) is 21.5. The van der Waals surface area contributed by atoms with Crippen LogP contribution in [0.3, 0.4) is 0 Å². The number of hydrogen-bond acceptors (Lipinski definition) is 3. The molecule has 1 fully saturated rings. The third-order valence-corrected chi connectivity index (χ3v) is 5.83. The van der Waals surface area contributed by atoms with Crippen molar-refractivity contribution >= 4 is 35.0 Å². The minimum Gasteiger partial charge on any atom is -0.484 e. The first-order valence-corrected chi connectivity index (χ1v) is 10.9. The van der Waals surface area contributed by atoms with Crippen molar-refractivity contribution < 1.29 is 14.3 Å². The highest BCUT2D eigenvalue weighted by atomic mass is 35.5. The van der Waals surface area contributed by atoms with Crippen LogP contribution in [0.5, 0.6) is 5.75 Å². The number of aryl methyl sites for hydroxylation is 1. The van der Waals surface area contributed by atoms with Crippen molar-refractivity contribution in [3.63, 3.8) is 0 Å². The Balaban J connectivity index is 1.40. The van der Waals surface area contributed by atoms with Crippen LogP contribution in [0.15, 0.2) is 48.5 Å². The molecule has 0 aliphatic carbocycles. The third-order valence-electron chi connectivity index (χ3n) is 5.33. The van der Waals surface area contributed by atoms with E-state index in [1.165, 1.54) is 0 Å². The van der Waals surface area contributed by atoms with Crippen LogP contribution in [0.4, 0.5) is 0 Å². The molecule has 2 atom stereocenters. The van der Waals surface area contributed by atoms with E-state index >= 15 is 0 Å². The second kappa shape index (κ2) is 10.7. The molecule has 2 aromatic rings. The lowest BCUT2D eigenvalue weighted by Gasteiger charge is -2.37. The molecule has 0 bridgehead atoms. The molecular weight excluding hydrogens is 423 g/mol. The maximum absolute atomic E-state index is 12.6. The minimum atomic E-state index is -0.163. The SMILES string of the molecule is CC1CN(C(=O)CCc2ccc(Cl)cc2)CCC1NC(=O)COc1ccc(Cl)cc1. The van der Waals surface area contributed by atoms with E-state index in [0.29, 0.717) is 41.7 Å². The van der Waals surface area contributed by atoms with E-state index in [9.17, 15) is 9.59 Å². The number of nitrogens with zero attached hydrogens (tertiary/aromatic N) is 1. The topological polar surface area (TPSA) is 58.6 Å². The molecule has 1 heterocycles. The average Bonchev–Trinajstić information content (AvgIpc) is 2.74. The van der Waals surface area contributed by atoms with Crippen LogP contribution in [0.1, 0.15) is 25.3 Å². The summed E-state index contributed by atoms with van der Waals surface area (Å²) >= 11 is 11.7. The molecule has 0 saturated carbocycles. The molecule has 1 aliphatic heterocycles. The van der Waals surface area contributed by atoms with E-state index in [0.717, 1.165) is 12.0 Å². The van der Waals surface area contributed by atoms with Gasteiger partial charge < -0.3 is 15.0 Å². The van der Waals surface area contributed by atoms with E-state index in [1.54, 1.807) is 24.3 Å². The number of hydrogen-bond donors (Lipinski definition) is 1. The Bertz CT molecular complexity index is 856. The number of halogens is 2. The lowest BCUT2D eigenvalue weighted by atomic mass is 9.93. The van der Waals surface area contributed by atoms with Gasteiger partial charge in [-0.3, -0.25) is 9.59 Å². The molecule has 1 N–H and O–H groups in total. The minimum absolute atomic E-state index is 0.0339. The van der Waals surface area contributed by atoms with Crippen LogP contribution in [0.2, 0.25) is 10.0 Å². The summed E-state index contributed by atoms with van der Waals surface area (Å²) < 4.78 is 5.50. The summed E-state index contributed by atoms with van der Waals surface area (Å²) in [6.45, 7) is 3.30. The van der Waals surface area contributed by atoms with Gasteiger partial charge in [0, 0.05) is 35.6 Å². The van der Waals surface area contributed by atoms with Crippen LogP contribution in [0.25, 0.3) is 0 Å². The number of likely N-dealkylation sites (tertiary alicyclic amines) is 1. The predicted molar refractivity (Wildman–Crippen MR) is 119 cm³/mol. The Kier molecular flexibility index (Phi) is 8.00. The number of carbonyl (C=O) groups is 2. The molecule has 2 aromatic carbocycles. The van der Waals surface area contributed by atoms with Crippen LogP contribution >= 0.6 is 23.2 Å². The quantitative estimate of drug-likeness (QED) is 0.684. The molecule has 0 spiro atoms. The monoisotopic (exact) mass is 448 g/mol. The number of amides is 2. The molecule has 2 amide bonds. The summed E-state index contributed by atoms with van der Waals surface area (Å²) in [7, 11) is 0. The highest BCUT2D eigenvalue weighted by Crippen LogP contribution is 2.19. The number of carbonyl (C=O) groups excluding carboxylic acids is 2. The van der Waals surface area contributed by atoms with Crippen molar-refractivity contribution in [3.8, 4) is 5.75 Å². The molecule has 2 unspecified atom stereocenters. The summed E-state index contributed by atoms with van der Waals surface area (Å²) in [5.74, 6) is 0.762. The van der Waals surface area contributed by atoms with Gasteiger partial charge >= 0.3 is 0 Å². The molecule has 1 saturated heterocycles. The Morgan fingerprint density at radius 2 is 1.70 bits per heavy atom. The van der Waals surface area contributed by atoms with Crippen molar-refractivity contribution in [2.24, 2.45) is 5.92 Å². The summed E-state index contributed by atoms with van der Waals surface area (Å²) in [4.78, 5) is 26.7. The summed E-state index contributed by atoms with van der Waals surface area (Å²) in [6.07, 6.45) is 1.91. The molecule has 5 nitrogen and oxygen atoms in total. The van der Waals surface area contributed by atoms with Crippen molar-refractivity contribution in [1.82, 2.24) is 10.2 Å². The first-order valence-electron chi connectivity index (χ1n) is 10.1. The van der Waals surface area contributed by atoms with E-state index in [2.05, 4.69) is 12.2 Å². The average molecular weight is 449 g/mol. The first kappa shape index (κ1) is 22.4. The van der Waals surface area contributed by atoms with Gasteiger partial charge in [0.15, 0.2) is 6.61 Å². The van der Waals surface area contributed by atoms with Crippen molar-refractivity contribution in [2.75, 3.05) is 19.7 Å². The van der Waals surface area contributed by atoms with Crippen molar-refractivity contribution in [3.05, 3.63) is 64.1 Å². The molecule has 0 radical (unpaired) electrons. The lowest BCUT2D eigenvalue weighted by molar-refractivity contribution is -0.133. The molecular formula is C23H26Cl2N2O3. The van der Waals surface area contributed by atoms with Gasteiger partial charge in [-0.15, -0.1) is 0 Å². The molecule has 160 valence electrons. The number of piperidine rings is 1. The van der Waals surface area contributed by atoms with Crippen molar-refractivity contribution in [1.29, 1.82) is 0 Å². The lowest BCUT2D eigenvalue weighted by Crippen LogP contribution is -2.52. The van der Waals surface area contributed by atoms with E-state index in [-0.39, 0.29) is 30.4 Å². The summed E-state index contributed by atoms with van der Waals surface area (Å²) in [6, 6.07) is 14.5. The van der Waals surface area contributed by atoms with Crippen LogP contribution in [-0.4, -0.2) is 42.5 Å². The second-order valence-corrected chi connectivity index (χ2v) is 8.52. The molecule has 7 heteroatoms. The van der Waals surface area contributed by atoms with Gasteiger partial charge in [-0.25, -0.2) is 0 Å². The second-order valence-electron chi connectivity index (χ2n) is 7.65. The zero-order valence-electron chi connectivity index (χ0n) is 16.9. The molecule has 3 rings (SSSR count). The standard InChI is InChI=1S/C23H26Cl2N2O3/c1-16-14-27(23(29)11-4-17-2-5-18(24)6-3-17)13-12-21(16)26-22(28)15-30-20-9-7-19(25)8-10-20/h2-3,5-10,16,21H,4,11-15H2,1H3,(H,26,28). The Morgan fingerprint density at radius 3 is 2.33 bits per heavy atom. The highest BCUT2D eigenvalue weighted by Gasteiger charge is 2.29. The van der Waals surface area contributed by atoms with Gasteiger partial charge in [0.05, 0.1) is 0 Å². The van der Waals surface area contributed by atoms with Gasteiger partial charge in [0.25, 0.3) is 5.91 Å². The van der Waals surface area contributed by atoms with E-state index in [1.807, 2.05) is 29.2 Å². The summed E-state index contributed by atoms with van der Waals surface area (Å²) in [5, 5.41) is 4.35. The van der Waals surface area contributed by atoms with Gasteiger partial charge in [-0.05, 0) is 60.7 Å². The zero-order valence-corrected chi connectivity index (χ0v) is 18.5. The fraction of sp³-hybridized carbons (Fsp3) is 0.391. The van der Waals surface area contributed by atoms with Gasteiger partial charge in [-0.2, -0.15) is 0 Å². The van der Waals surface area contributed by atoms with Gasteiger partial charge in [0.2, 0.25) is 5.91 Å². The Morgan fingerprint density at radius 1 is 1.07 bits per heavy atom. The Labute approximate surface area is 187 Å². The number of rotatable bonds is 7. The summed E-state index contributed by atoms with van der Waals surface area (Å²) in [5.41, 5.74) is 1.10. The number of ether oxygens (including phenoxy) is 1. The maximum atomic E-state index is 12.6. The third kappa shape index (κ3) is 6.64. The fourth-order valence-electron chi connectivity index (χ4n) is 3.58. The smallest absolute Gasteiger partial charge is 0.258 e. The van der Waals surface area contributed by atoms with E-state index in [4.69, 9.17) is 27.9 Å². The maximum Gasteiger partial charge on any atom is 0.258 e. The first-order chi connectivity index (χ1) is 14.4. The normalized spacial score (nSPS) is 18.7.